The SMILES string of the molecule is CC(=O)NC1C(OCCOCCOCCNC(=O)CN(CC(=O)NCCOCCOCCOC2OC(CO)[C@H](O)C(O)C2NC(C)=O)C(=O)CCC(NC(=O)C2CCC(C)CC2)C(=O)N(CC(=O)NCCOCCOCCOC2OC(CO)C(O)C(O)C2NC(C)=O)CC(=O)NCCOCCOCCOC2OC(CO)C(O)C(O)C2NC(C)=O)OC(CO)C(O)C1O. The van der Waals surface area contributed by atoms with Crippen LogP contribution in [0, 0.1) is 11.8 Å². The highest BCUT2D eigenvalue weighted by Crippen LogP contribution is 2.30. The molecule has 0 radical (unpaired) electrons. The molecule has 1 saturated carbocycles. The second-order valence-corrected chi connectivity index (χ2v) is 30.5. The molecule has 11 amide bonds. The molecule has 4 saturated heterocycles. The summed E-state index contributed by atoms with van der Waals surface area (Å²) >= 11 is 0. The quantitative estimate of drug-likeness (QED) is 0.0251. The van der Waals surface area contributed by atoms with Gasteiger partial charge in [0.05, 0.1) is 159 Å². The van der Waals surface area contributed by atoms with Crippen molar-refractivity contribution in [2.24, 2.45) is 11.8 Å². The minimum absolute atomic E-state index is 0.00473. The number of ether oxygens (including phenoxy) is 16. The standard InChI is InChI=1S/C77H135N11O39/c1-44-6-8-49(9-7-44)72(110)86-50(73(111)88(38-57(99)80-14-18-114-22-26-118-30-34-122-76-62(84-47(4)95)70(108)66(104)53(42-91)126-76)39-58(100)81-15-19-115-23-27-119-31-35-123-77-63(85-48(5)96)71(109)67(105)54(43-92)127-77)10-11-59(101)87(36-55(97)78-12-16-112-20-24-116-28-32-120-74-60(82-45(2)93)68(106)64(102)51(40-89)124-74)37-56(98)79-13-17-113-21-25-117-29-33-121-75-61(83-46(3)94)69(107)65(103)52(41-90)125-75/h44,49-54,60-71,74-77,89-92,102-109H,6-43H2,1-5H3,(H,78,97)(H,79,98)(H,80,99)(H,81,100)(H,82,93)(H,83,94)(H,84,95)(H,85,96)(H,86,110)/t44?,49?,50?,51?,52?,53?,54?,60?,61?,62?,63?,64-,65?,66?,67?,68?,69?,70?,71?,74?,75?,76?,77?/m0/s1. The first kappa shape index (κ1) is 111. The summed E-state index contributed by atoms with van der Waals surface area (Å²) in [5, 5.41) is 145. The van der Waals surface area contributed by atoms with Crippen molar-refractivity contribution in [2.45, 2.75) is 202 Å². The molecule has 4 heterocycles. The van der Waals surface area contributed by atoms with Crippen LogP contribution in [-0.4, -0.2) is 476 Å². The van der Waals surface area contributed by atoms with Crippen molar-refractivity contribution in [1.82, 2.24) is 57.7 Å². The third-order valence-corrected chi connectivity index (χ3v) is 20.5. The Kier molecular flexibility index (Phi) is 53.7. The topological polar surface area (TPSA) is 693 Å². The van der Waals surface area contributed by atoms with Crippen LogP contribution in [0.15, 0.2) is 0 Å². The van der Waals surface area contributed by atoms with Gasteiger partial charge >= 0.3 is 0 Å². The van der Waals surface area contributed by atoms with Crippen molar-refractivity contribution in [3.63, 3.8) is 0 Å². The van der Waals surface area contributed by atoms with Crippen molar-refractivity contribution in [2.75, 3.05) is 211 Å². The van der Waals surface area contributed by atoms with Gasteiger partial charge in [-0.3, -0.25) is 52.7 Å². The van der Waals surface area contributed by atoms with Gasteiger partial charge in [-0.1, -0.05) is 6.92 Å². The first-order chi connectivity index (χ1) is 60.8. The molecule has 4 aliphatic heterocycles. The molecule has 0 aromatic rings. The number of carbonyl (C=O) groups is 11. The average molecular weight is 1840 g/mol. The van der Waals surface area contributed by atoms with Crippen molar-refractivity contribution in [1.29, 1.82) is 0 Å². The maximum atomic E-state index is 15.1. The average Bonchev–Trinajstić information content (AvgIpc) is 0.819. The van der Waals surface area contributed by atoms with Gasteiger partial charge < -0.3 is 195 Å². The van der Waals surface area contributed by atoms with Crippen molar-refractivity contribution in [3.8, 4) is 0 Å². The van der Waals surface area contributed by atoms with Crippen molar-refractivity contribution < 1.29 is 190 Å². The maximum absolute atomic E-state index is 15.1. The number of aliphatic hydroxyl groups excluding tert-OH is 12. The summed E-state index contributed by atoms with van der Waals surface area (Å²) in [6.07, 6.45) is -20.9. The van der Waals surface area contributed by atoms with E-state index < -0.39 is 265 Å². The molecule has 5 rings (SSSR count). The van der Waals surface area contributed by atoms with Crippen LogP contribution in [0.25, 0.3) is 0 Å². The Morgan fingerprint density at radius 2 is 0.583 bits per heavy atom. The van der Waals surface area contributed by atoms with E-state index in [2.05, 4.69) is 47.9 Å². The molecule has 0 bridgehead atoms. The summed E-state index contributed by atoms with van der Waals surface area (Å²) in [4.78, 5) is 148. The van der Waals surface area contributed by atoms with Gasteiger partial charge in [-0.05, 0) is 38.0 Å². The zero-order valence-corrected chi connectivity index (χ0v) is 72.4. The Bertz CT molecular complexity index is 3070. The van der Waals surface area contributed by atoms with Gasteiger partial charge in [-0.2, -0.15) is 0 Å². The van der Waals surface area contributed by atoms with Crippen LogP contribution in [0.1, 0.15) is 73.1 Å². The number of amides is 11. The number of rotatable bonds is 62. The summed E-state index contributed by atoms with van der Waals surface area (Å²) in [7, 11) is 0. The lowest BCUT2D eigenvalue weighted by Gasteiger charge is -2.42. The molecular formula is C77H135N11O39. The first-order valence-corrected chi connectivity index (χ1v) is 42.4. The van der Waals surface area contributed by atoms with E-state index in [1.165, 1.54) is 27.7 Å². The highest BCUT2D eigenvalue weighted by Gasteiger charge is 2.50. The van der Waals surface area contributed by atoms with E-state index in [0.717, 1.165) is 9.80 Å². The Hall–Kier alpha value is -6.95. The van der Waals surface area contributed by atoms with Gasteiger partial charge in [-0.15, -0.1) is 0 Å². The molecule has 20 unspecified atom stereocenters. The zero-order valence-electron chi connectivity index (χ0n) is 72.4. The monoisotopic (exact) mass is 1840 g/mol. The molecule has 21 atom stereocenters. The van der Waals surface area contributed by atoms with Crippen LogP contribution in [-0.2, 0) is 129 Å². The van der Waals surface area contributed by atoms with Gasteiger partial charge in [0, 0.05) is 66.2 Å². The fourth-order valence-corrected chi connectivity index (χ4v) is 13.8. The lowest BCUT2D eigenvalue weighted by molar-refractivity contribution is -0.272. The van der Waals surface area contributed by atoms with E-state index in [0.29, 0.717) is 25.7 Å². The smallest absolute Gasteiger partial charge is 0.246 e. The normalized spacial score (nSPS) is 28.0. The predicted molar refractivity (Wildman–Crippen MR) is 429 cm³/mol. The largest absolute Gasteiger partial charge is 0.394 e. The summed E-state index contributed by atoms with van der Waals surface area (Å²) in [5.74, 6) is -7.98. The zero-order chi connectivity index (χ0) is 93.3. The van der Waals surface area contributed by atoms with Gasteiger partial charge in [0.2, 0.25) is 65.0 Å². The summed E-state index contributed by atoms with van der Waals surface area (Å²) in [5.41, 5.74) is 0. The minimum atomic E-state index is -1.61. The third kappa shape index (κ3) is 40.8. The number of aliphatic hydroxyl groups is 12. The molecule has 0 aromatic heterocycles. The number of hydrogen-bond acceptors (Lipinski definition) is 39. The third-order valence-electron chi connectivity index (χ3n) is 20.5. The van der Waals surface area contributed by atoms with Crippen molar-refractivity contribution in [3.05, 3.63) is 0 Å². The lowest BCUT2D eigenvalue weighted by Crippen LogP contribution is -2.64. The van der Waals surface area contributed by atoms with E-state index in [-0.39, 0.29) is 164 Å². The van der Waals surface area contributed by atoms with E-state index in [9.17, 15) is 109 Å². The van der Waals surface area contributed by atoms with Gasteiger partial charge in [0.25, 0.3) is 0 Å². The highest BCUT2D eigenvalue weighted by molar-refractivity contribution is 5.95. The fraction of sp³-hybridized carbons (Fsp3) is 0.857. The summed E-state index contributed by atoms with van der Waals surface area (Å²) in [6, 6.07) is -6.30. The van der Waals surface area contributed by atoms with Gasteiger partial charge in [0.1, 0.15) is 130 Å². The van der Waals surface area contributed by atoms with E-state index >= 15 is 4.79 Å². The van der Waals surface area contributed by atoms with Crippen molar-refractivity contribution >= 4 is 65.0 Å². The molecule has 50 heteroatoms. The molecule has 5 fully saturated rings. The van der Waals surface area contributed by atoms with Crippen LogP contribution < -0.4 is 47.9 Å². The van der Waals surface area contributed by atoms with Crippen LogP contribution in [0.4, 0.5) is 0 Å². The van der Waals surface area contributed by atoms with Crippen LogP contribution in [0.5, 0.6) is 0 Å². The summed E-state index contributed by atoms with van der Waals surface area (Å²) < 4.78 is 89.5. The molecule has 732 valence electrons. The number of nitrogens with one attached hydrogen (secondary N) is 9. The minimum Gasteiger partial charge on any atom is -0.394 e. The van der Waals surface area contributed by atoms with E-state index in [4.69, 9.17) is 75.8 Å². The number of hydrogen-bond donors (Lipinski definition) is 21. The fourth-order valence-electron chi connectivity index (χ4n) is 13.8. The Labute approximate surface area is 734 Å². The lowest BCUT2D eigenvalue weighted by atomic mass is 9.82. The maximum Gasteiger partial charge on any atom is 0.246 e. The molecule has 0 aromatic carbocycles. The van der Waals surface area contributed by atoms with Crippen LogP contribution >= 0.6 is 0 Å². The van der Waals surface area contributed by atoms with Gasteiger partial charge in [-0.25, -0.2) is 0 Å². The van der Waals surface area contributed by atoms with Gasteiger partial charge in [0.15, 0.2) is 25.2 Å². The van der Waals surface area contributed by atoms with E-state index in [1.54, 1.807) is 0 Å². The Morgan fingerprint density at radius 3 is 0.835 bits per heavy atom. The molecule has 21 N–H and O–H groups in total. The second kappa shape index (κ2) is 61.6. The molecular weight excluding hydrogens is 1700 g/mol. The number of nitrogens with zero attached hydrogens (tertiary/aromatic N) is 2. The molecule has 50 nitrogen and oxygen atoms in total. The Morgan fingerprint density at radius 1 is 0.339 bits per heavy atom. The van der Waals surface area contributed by atoms with E-state index in [1.807, 2.05) is 6.92 Å². The highest BCUT2D eigenvalue weighted by atomic mass is 16.7. The molecule has 127 heavy (non-hydrogen) atoms. The predicted octanol–water partition coefficient (Wildman–Crippen LogP) is -12.8. The first-order valence-electron chi connectivity index (χ1n) is 42.4. The van der Waals surface area contributed by atoms with Crippen LogP contribution in [0.3, 0.4) is 0 Å². The van der Waals surface area contributed by atoms with Crippen LogP contribution in [0.2, 0.25) is 0 Å². The number of carbonyl (C=O) groups excluding carboxylic acids is 11. The second-order valence-electron chi connectivity index (χ2n) is 30.5. The molecule has 0 spiro atoms. The molecule has 5 aliphatic rings. The molecule has 1 aliphatic carbocycles. The Balaban J connectivity index is 1.23. The summed E-state index contributed by atoms with van der Waals surface area (Å²) in [6.45, 7) is -0.235.